The lowest BCUT2D eigenvalue weighted by molar-refractivity contribution is -0.143. The standard InChI is InChI=1S/C76H149NO5/c1-3-5-7-9-11-13-15-17-19-21-23-24-29-33-36-40-44-48-52-56-60-64-68-74(79)73(72-78)77-75(80)69-65-61-57-53-49-45-41-37-34-30-27-25-26-28-31-35-39-43-47-51-55-59-63-67-71-82-76(81)70-66-62-58-54-50-46-42-38-32-22-20-18-16-14-12-10-8-6-4-2/h64,68,73-74,78-79H,3-63,65-67,69-72H2,1-2H3,(H,77,80)/b68-64+. The summed E-state index contributed by atoms with van der Waals surface area (Å²) in [5.41, 5.74) is 0. The molecule has 0 aliphatic heterocycles. The van der Waals surface area contributed by atoms with Crippen molar-refractivity contribution in [2.75, 3.05) is 13.2 Å². The maximum atomic E-state index is 12.5. The van der Waals surface area contributed by atoms with Gasteiger partial charge in [0.2, 0.25) is 5.91 Å². The number of allylic oxidation sites excluding steroid dienone is 1. The summed E-state index contributed by atoms with van der Waals surface area (Å²) in [6, 6.07) is -0.628. The van der Waals surface area contributed by atoms with E-state index in [2.05, 4.69) is 19.2 Å². The zero-order chi connectivity index (χ0) is 59.2. The molecule has 2 unspecified atom stereocenters. The fourth-order valence-electron chi connectivity index (χ4n) is 12.3. The summed E-state index contributed by atoms with van der Waals surface area (Å²) in [5, 5.41) is 23.3. The molecule has 488 valence electrons. The first-order valence-electron chi connectivity index (χ1n) is 38.0. The number of nitrogens with one attached hydrogen (secondary N) is 1. The topological polar surface area (TPSA) is 95.9 Å². The molecule has 0 radical (unpaired) electrons. The van der Waals surface area contributed by atoms with Crippen LogP contribution in [0.15, 0.2) is 12.2 Å². The van der Waals surface area contributed by atoms with Gasteiger partial charge in [-0.05, 0) is 32.1 Å². The van der Waals surface area contributed by atoms with Crippen LogP contribution in [0, 0.1) is 0 Å². The Morgan fingerprint density at radius 3 is 0.829 bits per heavy atom. The third kappa shape index (κ3) is 67.7. The number of aliphatic hydroxyl groups is 2. The van der Waals surface area contributed by atoms with Crippen LogP contribution in [0.3, 0.4) is 0 Å². The minimum Gasteiger partial charge on any atom is -0.466 e. The molecule has 0 bridgehead atoms. The number of hydrogen-bond donors (Lipinski definition) is 3. The van der Waals surface area contributed by atoms with E-state index in [0.717, 1.165) is 38.5 Å². The summed E-state index contributed by atoms with van der Waals surface area (Å²) < 4.78 is 5.52. The number of hydrogen-bond acceptors (Lipinski definition) is 5. The molecular formula is C76H149NO5. The molecule has 0 aliphatic carbocycles. The Labute approximate surface area is 514 Å². The van der Waals surface area contributed by atoms with Crippen molar-refractivity contribution in [1.82, 2.24) is 5.32 Å². The Bertz CT molecular complexity index is 1240. The number of unbranched alkanes of at least 4 members (excludes halogenated alkanes) is 61. The maximum Gasteiger partial charge on any atom is 0.305 e. The van der Waals surface area contributed by atoms with Gasteiger partial charge in [-0.15, -0.1) is 0 Å². The van der Waals surface area contributed by atoms with Gasteiger partial charge in [-0.25, -0.2) is 0 Å². The molecule has 0 aromatic rings. The second-order valence-electron chi connectivity index (χ2n) is 26.4. The largest absolute Gasteiger partial charge is 0.466 e. The molecule has 0 spiro atoms. The summed E-state index contributed by atoms with van der Waals surface area (Å²) in [6.07, 6.45) is 90.2. The highest BCUT2D eigenvalue weighted by Crippen LogP contribution is 2.20. The van der Waals surface area contributed by atoms with Crippen LogP contribution in [-0.2, 0) is 14.3 Å². The van der Waals surface area contributed by atoms with Crippen molar-refractivity contribution in [1.29, 1.82) is 0 Å². The lowest BCUT2D eigenvalue weighted by atomic mass is 10.0. The highest BCUT2D eigenvalue weighted by atomic mass is 16.5. The van der Waals surface area contributed by atoms with Gasteiger partial charge in [0.15, 0.2) is 0 Å². The van der Waals surface area contributed by atoms with E-state index in [-0.39, 0.29) is 18.5 Å². The molecule has 1 amide bonds. The zero-order valence-corrected chi connectivity index (χ0v) is 56.0. The van der Waals surface area contributed by atoms with Gasteiger partial charge in [0.25, 0.3) is 0 Å². The lowest BCUT2D eigenvalue weighted by Gasteiger charge is -2.20. The van der Waals surface area contributed by atoms with Crippen LogP contribution in [0.2, 0.25) is 0 Å². The van der Waals surface area contributed by atoms with Gasteiger partial charge in [-0.2, -0.15) is 0 Å². The average molecular weight is 1160 g/mol. The summed E-state index contributed by atoms with van der Waals surface area (Å²) in [7, 11) is 0. The van der Waals surface area contributed by atoms with E-state index < -0.39 is 12.1 Å². The highest BCUT2D eigenvalue weighted by Gasteiger charge is 2.18. The minimum absolute atomic E-state index is 0.0212. The smallest absolute Gasteiger partial charge is 0.305 e. The molecule has 0 aromatic heterocycles. The van der Waals surface area contributed by atoms with Crippen molar-refractivity contribution in [2.24, 2.45) is 0 Å². The fourth-order valence-corrected chi connectivity index (χ4v) is 12.3. The molecule has 0 aromatic carbocycles. The number of carbonyl (C=O) groups is 2. The van der Waals surface area contributed by atoms with E-state index >= 15 is 0 Å². The number of ether oxygens (including phenoxy) is 1. The Hall–Kier alpha value is -1.40. The van der Waals surface area contributed by atoms with Gasteiger partial charge >= 0.3 is 5.97 Å². The van der Waals surface area contributed by atoms with Gasteiger partial charge < -0.3 is 20.3 Å². The van der Waals surface area contributed by atoms with Crippen LogP contribution >= 0.6 is 0 Å². The Morgan fingerprint density at radius 2 is 0.561 bits per heavy atom. The van der Waals surface area contributed by atoms with E-state index in [0.29, 0.717) is 19.4 Å². The molecular weight excluding hydrogens is 1010 g/mol. The second-order valence-corrected chi connectivity index (χ2v) is 26.4. The Morgan fingerprint density at radius 1 is 0.329 bits per heavy atom. The molecule has 0 rings (SSSR count). The van der Waals surface area contributed by atoms with Gasteiger partial charge in [0.05, 0.1) is 25.4 Å². The van der Waals surface area contributed by atoms with Crippen molar-refractivity contribution < 1.29 is 24.5 Å². The number of rotatable bonds is 72. The second kappa shape index (κ2) is 72.1. The third-order valence-electron chi connectivity index (χ3n) is 18.1. The molecule has 0 saturated heterocycles. The number of aliphatic hydroxyl groups excluding tert-OH is 2. The molecule has 0 heterocycles. The van der Waals surface area contributed by atoms with Gasteiger partial charge in [0.1, 0.15) is 0 Å². The number of esters is 1. The summed E-state index contributed by atoms with van der Waals surface area (Å²) >= 11 is 0. The SMILES string of the molecule is CCCCCCCCCCCCCCCCCCCCCC/C=C/C(O)C(CO)NC(=O)CCCCCCCCCCCCCCCCCCCCCCCCCCOC(=O)CCCCCCCCCCCCCCCCCCCCC. The van der Waals surface area contributed by atoms with Crippen molar-refractivity contribution in [2.45, 2.75) is 450 Å². The first kappa shape index (κ1) is 80.6. The van der Waals surface area contributed by atoms with E-state index in [1.54, 1.807) is 6.08 Å². The van der Waals surface area contributed by atoms with Crippen molar-refractivity contribution in [3.8, 4) is 0 Å². The molecule has 0 fully saturated rings. The fraction of sp³-hybridized carbons (Fsp3) is 0.947. The highest BCUT2D eigenvalue weighted by molar-refractivity contribution is 5.76. The number of carbonyl (C=O) groups excluding carboxylic acids is 2. The van der Waals surface area contributed by atoms with E-state index in [1.807, 2.05) is 6.08 Å². The monoisotopic (exact) mass is 1160 g/mol. The number of amides is 1. The molecule has 0 aliphatic rings. The molecule has 6 heteroatoms. The van der Waals surface area contributed by atoms with Gasteiger partial charge in [-0.3, -0.25) is 9.59 Å². The van der Waals surface area contributed by atoms with Gasteiger partial charge in [-0.1, -0.05) is 405 Å². The van der Waals surface area contributed by atoms with Crippen LogP contribution in [0.5, 0.6) is 0 Å². The van der Waals surface area contributed by atoms with E-state index in [9.17, 15) is 19.8 Å². The predicted molar refractivity (Wildman–Crippen MR) is 361 cm³/mol. The average Bonchev–Trinajstić information content (AvgIpc) is 3.48. The van der Waals surface area contributed by atoms with E-state index in [1.165, 1.54) is 372 Å². The first-order chi connectivity index (χ1) is 40.5. The molecule has 3 N–H and O–H groups in total. The molecule has 82 heavy (non-hydrogen) atoms. The summed E-state index contributed by atoms with van der Waals surface area (Å²) in [6.45, 7) is 4.96. The van der Waals surface area contributed by atoms with Gasteiger partial charge in [0, 0.05) is 12.8 Å². The van der Waals surface area contributed by atoms with E-state index in [4.69, 9.17) is 4.74 Å². The normalized spacial score (nSPS) is 12.5. The van der Waals surface area contributed by atoms with Crippen LogP contribution in [0.25, 0.3) is 0 Å². The van der Waals surface area contributed by atoms with Crippen molar-refractivity contribution >= 4 is 11.9 Å². The maximum absolute atomic E-state index is 12.5. The quantitative estimate of drug-likeness (QED) is 0.0320. The zero-order valence-electron chi connectivity index (χ0n) is 56.0. The third-order valence-corrected chi connectivity index (χ3v) is 18.1. The Kier molecular flexibility index (Phi) is 70.8. The van der Waals surface area contributed by atoms with Crippen LogP contribution in [0.1, 0.15) is 438 Å². The molecule has 6 nitrogen and oxygen atoms in total. The summed E-state index contributed by atoms with van der Waals surface area (Å²) in [4.78, 5) is 24.7. The summed E-state index contributed by atoms with van der Waals surface area (Å²) in [5.74, 6) is -0.0404. The van der Waals surface area contributed by atoms with Crippen molar-refractivity contribution in [3.05, 3.63) is 12.2 Å². The minimum atomic E-state index is -0.844. The first-order valence-corrected chi connectivity index (χ1v) is 38.0. The predicted octanol–water partition coefficient (Wildman–Crippen LogP) is 24.7. The molecule has 0 saturated carbocycles. The van der Waals surface area contributed by atoms with Crippen LogP contribution < -0.4 is 5.32 Å². The molecule has 2 atom stereocenters. The Balaban J connectivity index is 3.37. The van der Waals surface area contributed by atoms with Crippen LogP contribution in [0.4, 0.5) is 0 Å². The lowest BCUT2D eigenvalue weighted by Crippen LogP contribution is -2.45. The van der Waals surface area contributed by atoms with Crippen LogP contribution in [-0.4, -0.2) is 47.4 Å². The van der Waals surface area contributed by atoms with Crippen molar-refractivity contribution in [3.63, 3.8) is 0 Å².